The Balaban J connectivity index is 2.35. The molecule has 19 heavy (non-hydrogen) atoms. The first-order chi connectivity index (χ1) is 9.12. The van der Waals surface area contributed by atoms with E-state index in [0.29, 0.717) is 5.88 Å². The van der Waals surface area contributed by atoms with E-state index in [9.17, 15) is 0 Å². The highest BCUT2D eigenvalue weighted by Gasteiger charge is 2.24. The van der Waals surface area contributed by atoms with Gasteiger partial charge in [-0.25, -0.2) is 0 Å². The van der Waals surface area contributed by atoms with Gasteiger partial charge in [0.1, 0.15) is 0 Å². The van der Waals surface area contributed by atoms with Gasteiger partial charge in [0.15, 0.2) is 0 Å². The zero-order valence-electron chi connectivity index (χ0n) is 11.5. The van der Waals surface area contributed by atoms with Crippen LogP contribution in [0, 0.1) is 5.41 Å². The molecule has 2 heteroatoms. The summed E-state index contributed by atoms with van der Waals surface area (Å²) in [5.41, 5.74) is 0.166. The third-order valence-electron chi connectivity index (χ3n) is 3.08. The molecule has 0 aliphatic carbocycles. The zero-order valence-corrected chi connectivity index (χ0v) is 13.2. The molecular formula is C17H20ClP. The van der Waals surface area contributed by atoms with Crippen LogP contribution < -0.4 is 10.6 Å². The van der Waals surface area contributed by atoms with Crippen LogP contribution >= 0.6 is 19.5 Å². The molecule has 0 aliphatic rings. The molecule has 0 heterocycles. The quantitative estimate of drug-likeness (QED) is 0.566. The van der Waals surface area contributed by atoms with Crippen LogP contribution in [0.15, 0.2) is 60.7 Å². The van der Waals surface area contributed by atoms with E-state index in [1.807, 2.05) is 0 Å². The maximum Gasteiger partial charge on any atom is 0.0278 e. The lowest BCUT2D eigenvalue weighted by molar-refractivity contribution is 0.486. The van der Waals surface area contributed by atoms with Crippen LogP contribution in [0.1, 0.15) is 13.8 Å². The summed E-state index contributed by atoms with van der Waals surface area (Å²) in [4.78, 5) is 0. The summed E-state index contributed by atoms with van der Waals surface area (Å²) >= 11 is 6.12. The minimum absolute atomic E-state index is 0.166. The molecule has 0 saturated heterocycles. The predicted molar refractivity (Wildman–Crippen MR) is 88.4 cm³/mol. The summed E-state index contributed by atoms with van der Waals surface area (Å²) < 4.78 is 0. The van der Waals surface area contributed by atoms with Crippen LogP contribution in [-0.4, -0.2) is 12.0 Å². The van der Waals surface area contributed by atoms with Crippen LogP contribution in [0.3, 0.4) is 0 Å². The van der Waals surface area contributed by atoms with Crippen molar-refractivity contribution in [2.24, 2.45) is 5.41 Å². The number of alkyl halides is 1. The normalized spacial score (nSPS) is 11.8. The molecule has 0 aromatic heterocycles. The average Bonchev–Trinajstić information content (AvgIpc) is 2.47. The number of halogens is 1. The molecule has 0 N–H and O–H groups in total. The molecule has 0 spiro atoms. The maximum atomic E-state index is 6.12. The zero-order chi connectivity index (χ0) is 13.7. The molecule has 100 valence electrons. The van der Waals surface area contributed by atoms with Gasteiger partial charge in [-0.05, 0) is 30.1 Å². The highest BCUT2D eigenvalue weighted by molar-refractivity contribution is 7.73. The first kappa shape index (κ1) is 14.6. The molecule has 0 fully saturated rings. The Labute approximate surface area is 122 Å². The lowest BCUT2D eigenvalue weighted by Gasteiger charge is -2.28. The van der Waals surface area contributed by atoms with Gasteiger partial charge in [-0.15, -0.1) is 11.6 Å². The van der Waals surface area contributed by atoms with Crippen molar-refractivity contribution in [3.63, 3.8) is 0 Å². The highest BCUT2D eigenvalue weighted by Crippen LogP contribution is 2.40. The van der Waals surface area contributed by atoms with E-state index in [0.717, 1.165) is 6.16 Å². The van der Waals surface area contributed by atoms with E-state index in [2.05, 4.69) is 74.5 Å². The van der Waals surface area contributed by atoms with Crippen molar-refractivity contribution < 1.29 is 0 Å². The molecule has 2 aromatic rings. The highest BCUT2D eigenvalue weighted by atomic mass is 35.5. The van der Waals surface area contributed by atoms with Gasteiger partial charge in [-0.2, -0.15) is 0 Å². The fraction of sp³-hybridized carbons (Fsp3) is 0.294. The van der Waals surface area contributed by atoms with Gasteiger partial charge in [-0.1, -0.05) is 74.5 Å². The second kappa shape index (κ2) is 6.55. The van der Waals surface area contributed by atoms with Crippen molar-refractivity contribution in [2.75, 3.05) is 12.0 Å². The van der Waals surface area contributed by atoms with Gasteiger partial charge >= 0.3 is 0 Å². The molecule has 0 atom stereocenters. The van der Waals surface area contributed by atoms with Crippen LogP contribution in [-0.2, 0) is 0 Å². The topological polar surface area (TPSA) is 0 Å². The minimum Gasteiger partial charge on any atom is -0.126 e. The van der Waals surface area contributed by atoms with Crippen molar-refractivity contribution in [3.05, 3.63) is 60.7 Å². The molecule has 2 aromatic carbocycles. The third kappa shape index (κ3) is 4.06. The molecular weight excluding hydrogens is 271 g/mol. The lowest BCUT2D eigenvalue weighted by atomic mass is 10.0. The Hall–Kier alpha value is -0.840. The Bertz CT molecular complexity index is 454. The lowest BCUT2D eigenvalue weighted by Crippen LogP contribution is -2.25. The Morgan fingerprint density at radius 3 is 1.63 bits per heavy atom. The number of hydrogen-bond donors (Lipinski definition) is 0. The van der Waals surface area contributed by atoms with Crippen molar-refractivity contribution in [3.8, 4) is 0 Å². The van der Waals surface area contributed by atoms with E-state index in [-0.39, 0.29) is 13.3 Å². The molecule has 0 saturated carbocycles. The second-order valence-corrected chi connectivity index (χ2v) is 8.03. The standard InChI is InChI=1S/C17H20ClP/c1-17(2,13-18)14-19(15-9-5-3-6-10-15)16-11-7-4-8-12-16/h3-12H,13-14H2,1-2H3. The Morgan fingerprint density at radius 2 is 1.26 bits per heavy atom. The van der Waals surface area contributed by atoms with E-state index in [1.165, 1.54) is 10.6 Å². The monoisotopic (exact) mass is 290 g/mol. The molecule has 0 unspecified atom stereocenters. The fourth-order valence-corrected chi connectivity index (χ4v) is 4.94. The summed E-state index contributed by atoms with van der Waals surface area (Å²) in [5, 5.41) is 2.86. The first-order valence-electron chi connectivity index (χ1n) is 6.56. The summed E-state index contributed by atoms with van der Waals surface area (Å²) in [5.74, 6) is 0.700. The van der Waals surface area contributed by atoms with Gasteiger partial charge in [0.2, 0.25) is 0 Å². The largest absolute Gasteiger partial charge is 0.126 e. The van der Waals surface area contributed by atoms with E-state index in [1.54, 1.807) is 0 Å². The summed E-state index contributed by atoms with van der Waals surface area (Å²) in [7, 11) is -0.329. The summed E-state index contributed by atoms with van der Waals surface area (Å²) in [6.45, 7) is 4.50. The minimum atomic E-state index is -0.329. The predicted octanol–water partition coefficient (Wildman–Crippen LogP) is 4.38. The van der Waals surface area contributed by atoms with Gasteiger partial charge < -0.3 is 0 Å². The van der Waals surface area contributed by atoms with Crippen molar-refractivity contribution >= 4 is 30.1 Å². The third-order valence-corrected chi connectivity index (χ3v) is 6.82. The second-order valence-electron chi connectivity index (χ2n) is 5.56. The number of rotatable bonds is 5. The van der Waals surface area contributed by atoms with E-state index >= 15 is 0 Å². The van der Waals surface area contributed by atoms with E-state index < -0.39 is 0 Å². The van der Waals surface area contributed by atoms with Crippen LogP contribution in [0.4, 0.5) is 0 Å². The molecule has 2 rings (SSSR count). The van der Waals surface area contributed by atoms with Gasteiger partial charge in [0, 0.05) is 5.88 Å². The van der Waals surface area contributed by atoms with Crippen LogP contribution in [0.5, 0.6) is 0 Å². The first-order valence-corrected chi connectivity index (χ1v) is 8.62. The van der Waals surface area contributed by atoms with Crippen LogP contribution in [0.2, 0.25) is 0 Å². The van der Waals surface area contributed by atoms with Gasteiger partial charge in [0.05, 0.1) is 0 Å². The summed E-state index contributed by atoms with van der Waals surface area (Å²) in [6, 6.07) is 21.6. The maximum absolute atomic E-state index is 6.12. The SMILES string of the molecule is CC(C)(CCl)CP(c1ccccc1)c1ccccc1. The molecule has 0 bridgehead atoms. The van der Waals surface area contributed by atoms with Gasteiger partial charge in [-0.3, -0.25) is 0 Å². The Kier molecular flexibility index (Phi) is 5.02. The number of hydrogen-bond acceptors (Lipinski definition) is 0. The Morgan fingerprint density at radius 1 is 0.842 bits per heavy atom. The molecule has 0 radical (unpaired) electrons. The fourth-order valence-electron chi connectivity index (χ4n) is 2.02. The molecule has 0 aliphatic heterocycles. The van der Waals surface area contributed by atoms with Gasteiger partial charge in [0.25, 0.3) is 0 Å². The smallest absolute Gasteiger partial charge is 0.0278 e. The molecule has 0 amide bonds. The van der Waals surface area contributed by atoms with E-state index in [4.69, 9.17) is 11.6 Å². The summed E-state index contributed by atoms with van der Waals surface area (Å²) in [6.07, 6.45) is 1.12. The molecule has 0 nitrogen and oxygen atoms in total. The van der Waals surface area contributed by atoms with Crippen molar-refractivity contribution in [2.45, 2.75) is 13.8 Å². The average molecular weight is 291 g/mol. The van der Waals surface area contributed by atoms with Crippen LogP contribution in [0.25, 0.3) is 0 Å². The number of benzene rings is 2. The van der Waals surface area contributed by atoms with Crippen molar-refractivity contribution in [1.82, 2.24) is 0 Å². The van der Waals surface area contributed by atoms with Crippen molar-refractivity contribution in [1.29, 1.82) is 0 Å².